The monoisotopic (exact) mass is 216 g/mol. The van der Waals surface area contributed by atoms with Gasteiger partial charge < -0.3 is 0 Å². The Labute approximate surface area is 87.0 Å². The van der Waals surface area contributed by atoms with Crippen molar-refractivity contribution in [2.45, 2.75) is 33.6 Å². The van der Waals surface area contributed by atoms with Crippen LogP contribution in [-0.2, 0) is 9.84 Å². The van der Waals surface area contributed by atoms with E-state index >= 15 is 0 Å². The van der Waals surface area contributed by atoms with Crippen molar-refractivity contribution in [2.24, 2.45) is 23.2 Å². The summed E-state index contributed by atoms with van der Waals surface area (Å²) in [5.74, 6) is 2.61. The molecular formula is C11H20O2S. The van der Waals surface area contributed by atoms with E-state index in [2.05, 4.69) is 20.8 Å². The molecule has 0 bridgehead atoms. The third kappa shape index (κ3) is 1.83. The van der Waals surface area contributed by atoms with Gasteiger partial charge in [-0.3, -0.25) is 0 Å². The maximum atomic E-state index is 11.4. The Morgan fingerprint density at radius 2 is 1.43 bits per heavy atom. The zero-order chi connectivity index (χ0) is 10.6. The van der Waals surface area contributed by atoms with E-state index < -0.39 is 9.84 Å². The van der Waals surface area contributed by atoms with E-state index in [0.717, 1.165) is 18.8 Å². The average Bonchev–Trinajstić information content (AvgIpc) is 2.37. The SMILES string of the molecule is CC(C)(C)C1CC2CS(=O)(=O)CC2C1. The third-order valence-corrected chi connectivity index (χ3v) is 5.87. The van der Waals surface area contributed by atoms with Crippen molar-refractivity contribution in [3.8, 4) is 0 Å². The molecule has 1 saturated carbocycles. The molecule has 2 unspecified atom stereocenters. The van der Waals surface area contributed by atoms with Gasteiger partial charge in [-0.2, -0.15) is 0 Å². The van der Waals surface area contributed by atoms with Crippen LogP contribution in [0.1, 0.15) is 33.6 Å². The molecule has 82 valence electrons. The second-order valence-electron chi connectivity index (χ2n) is 6.13. The third-order valence-electron chi connectivity index (χ3n) is 4.00. The first-order valence-corrected chi connectivity index (χ1v) is 7.30. The summed E-state index contributed by atoms with van der Waals surface area (Å²) >= 11 is 0. The van der Waals surface area contributed by atoms with Gasteiger partial charge in [0, 0.05) is 0 Å². The molecule has 2 rings (SSSR count). The van der Waals surface area contributed by atoms with Gasteiger partial charge in [0.15, 0.2) is 9.84 Å². The van der Waals surface area contributed by atoms with Crippen LogP contribution in [-0.4, -0.2) is 19.9 Å². The molecule has 1 heterocycles. The fourth-order valence-corrected chi connectivity index (χ4v) is 5.31. The molecule has 0 amide bonds. The highest BCUT2D eigenvalue weighted by atomic mass is 32.2. The Bertz CT molecular complexity index is 304. The summed E-state index contributed by atoms with van der Waals surface area (Å²) in [6, 6.07) is 0. The van der Waals surface area contributed by atoms with Gasteiger partial charge >= 0.3 is 0 Å². The second kappa shape index (κ2) is 2.97. The highest BCUT2D eigenvalue weighted by Crippen LogP contribution is 2.48. The lowest BCUT2D eigenvalue weighted by molar-refractivity contribution is 0.237. The van der Waals surface area contributed by atoms with Crippen molar-refractivity contribution in [1.82, 2.24) is 0 Å². The van der Waals surface area contributed by atoms with E-state index in [1.54, 1.807) is 0 Å². The fraction of sp³-hybridized carbons (Fsp3) is 1.00. The molecule has 0 aromatic carbocycles. The van der Waals surface area contributed by atoms with Crippen molar-refractivity contribution >= 4 is 9.84 Å². The summed E-state index contributed by atoms with van der Waals surface area (Å²) < 4.78 is 22.8. The van der Waals surface area contributed by atoms with Crippen LogP contribution >= 0.6 is 0 Å². The van der Waals surface area contributed by atoms with Crippen molar-refractivity contribution in [2.75, 3.05) is 11.5 Å². The molecule has 0 N–H and O–H groups in total. The molecule has 2 atom stereocenters. The van der Waals surface area contributed by atoms with Crippen LogP contribution in [0.4, 0.5) is 0 Å². The van der Waals surface area contributed by atoms with Gasteiger partial charge in [0.1, 0.15) is 0 Å². The highest BCUT2D eigenvalue weighted by molar-refractivity contribution is 7.91. The molecule has 0 aromatic rings. The summed E-state index contributed by atoms with van der Waals surface area (Å²) in [5, 5.41) is 0. The predicted octanol–water partition coefficient (Wildman–Crippen LogP) is 2.10. The molecule has 2 fully saturated rings. The smallest absolute Gasteiger partial charge is 0.150 e. The van der Waals surface area contributed by atoms with Gasteiger partial charge in [0.05, 0.1) is 11.5 Å². The number of rotatable bonds is 0. The maximum absolute atomic E-state index is 11.4. The molecule has 14 heavy (non-hydrogen) atoms. The van der Waals surface area contributed by atoms with E-state index in [1.807, 2.05) is 0 Å². The molecular weight excluding hydrogens is 196 g/mol. The minimum Gasteiger partial charge on any atom is -0.229 e. The van der Waals surface area contributed by atoms with Gasteiger partial charge in [0.25, 0.3) is 0 Å². The van der Waals surface area contributed by atoms with E-state index in [9.17, 15) is 8.42 Å². The molecule has 0 aromatic heterocycles. The molecule has 1 saturated heterocycles. The normalized spacial score (nSPS) is 41.2. The minimum atomic E-state index is -2.67. The standard InChI is InChI=1S/C11H20O2S/c1-11(2,3)10-4-8-6-14(12,13)7-9(8)5-10/h8-10H,4-7H2,1-3H3. The van der Waals surface area contributed by atoms with Crippen LogP contribution in [0.2, 0.25) is 0 Å². The zero-order valence-corrected chi connectivity index (χ0v) is 10.1. The van der Waals surface area contributed by atoms with Gasteiger partial charge in [-0.05, 0) is 36.0 Å². The maximum Gasteiger partial charge on any atom is 0.150 e. The molecule has 1 aliphatic heterocycles. The molecule has 1 aliphatic carbocycles. The number of sulfone groups is 1. The first kappa shape index (κ1) is 10.5. The first-order valence-electron chi connectivity index (χ1n) is 5.48. The Morgan fingerprint density at radius 1 is 1.00 bits per heavy atom. The molecule has 2 aliphatic rings. The van der Waals surface area contributed by atoms with Crippen molar-refractivity contribution < 1.29 is 8.42 Å². The van der Waals surface area contributed by atoms with Gasteiger partial charge in [0.2, 0.25) is 0 Å². The Hall–Kier alpha value is -0.0500. The quantitative estimate of drug-likeness (QED) is 0.621. The van der Waals surface area contributed by atoms with Crippen molar-refractivity contribution in [3.63, 3.8) is 0 Å². The lowest BCUT2D eigenvalue weighted by atomic mass is 9.79. The second-order valence-corrected chi connectivity index (χ2v) is 8.29. The van der Waals surface area contributed by atoms with E-state index in [-0.39, 0.29) is 0 Å². The number of fused-ring (bicyclic) bond motifs is 1. The Balaban J connectivity index is 2.07. The zero-order valence-electron chi connectivity index (χ0n) is 9.29. The highest BCUT2D eigenvalue weighted by Gasteiger charge is 2.46. The average molecular weight is 216 g/mol. The lowest BCUT2D eigenvalue weighted by Gasteiger charge is -2.27. The number of hydrogen-bond donors (Lipinski definition) is 0. The minimum absolute atomic E-state index is 0.355. The fourth-order valence-electron chi connectivity index (χ4n) is 3.05. The topological polar surface area (TPSA) is 34.1 Å². The summed E-state index contributed by atoms with van der Waals surface area (Å²) in [6.07, 6.45) is 2.26. The number of hydrogen-bond acceptors (Lipinski definition) is 2. The Morgan fingerprint density at radius 3 is 1.79 bits per heavy atom. The van der Waals surface area contributed by atoms with Gasteiger partial charge in [-0.25, -0.2) is 8.42 Å². The lowest BCUT2D eigenvalue weighted by Crippen LogP contribution is -2.19. The largest absolute Gasteiger partial charge is 0.229 e. The van der Waals surface area contributed by atoms with Crippen molar-refractivity contribution in [1.29, 1.82) is 0 Å². The van der Waals surface area contributed by atoms with Crippen LogP contribution < -0.4 is 0 Å². The van der Waals surface area contributed by atoms with Gasteiger partial charge in [-0.15, -0.1) is 0 Å². The molecule has 2 nitrogen and oxygen atoms in total. The molecule has 3 heteroatoms. The summed E-state index contributed by atoms with van der Waals surface area (Å²) in [5.41, 5.74) is 0.355. The van der Waals surface area contributed by atoms with Crippen LogP contribution in [0.5, 0.6) is 0 Å². The summed E-state index contributed by atoms with van der Waals surface area (Å²) in [7, 11) is -2.67. The van der Waals surface area contributed by atoms with Crippen LogP contribution in [0.3, 0.4) is 0 Å². The first-order chi connectivity index (χ1) is 6.28. The van der Waals surface area contributed by atoms with E-state index in [0.29, 0.717) is 28.8 Å². The summed E-state index contributed by atoms with van der Waals surface area (Å²) in [4.78, 5) is 0. The van der Waals surface area contributed by atoms with E-state index in [1.165, 1.54) is 0 Å². The van der Waals surface area contributed by atoms with E-state index in [4.69, 9.17) is 0 Å². The van der Waals surface area contributed by atoms with Crippen LogP contribution in [0.15, 0.2) is 0 Å². The van der Waals surface area contributed by atoms with Gasteiger partial charge in [-0.1, -0.05) is 20.8 Å². The van der Waals surface area contributed by atoms with Crippen LogP contribution in [0.25, 0.3) is 0 Å². The van der Waals surface area contributed by atoms with Crippen molar-refractivity contribution in [3.05, 3.63) is 0 Å². The molecule has 0 radical (unpaired) electrons. The Kier molecular flexibility index (Phi) is 2.22. The molecule has 0 spiro atoms. The summed E-state index contributed by atoms with van der Waals surface area (Å²) in [6.45, 7) is 6.81. The van der Waals surface area contributed by atoms with Crippen LogP contribution in [0, 0.1) is 23.2 Å². The predicted molar refractivity (Wildman–Crippen MR) is 57.8 cm³/mol.